The lowest BCUT2D eigenvalue weighted by Crippen LogP contribution is -2.30. The zero-order chi connectivity index (χ0) is 29.5. The molecule has 0 radical (unpaired) electrons. The van der Waals surface area contributed by atoms with Crippen LogP contribution in [0.4, 0.5) is 0 Å². The number of H-pyrrole nitrogens is 1. The first-order valence-electron chi connectivity index (χ1n) is 12.9. The minimum atomic E-state index is -0.520. The van der Waals surface area contributed by atoms with E-state index in [-0.39, 0.29) is 23.9 Å². The number of esters is 1. The molecule has 4 aromatic rings. The molecule has 3 aromatic carbocycles. The summed E-state index contributed by atoms with van der Waals surface area (Å²) in [5, 5.41) is 16.8. The molecule has 0 saturated carbocycles. The molecule has 1 unspecified atom stereocenters. The van der Waals surface area contributed by atoms with Crippen LogP contribution in [0.5, 0.6) is 0 Å². The second-order valence-electron chi connectivity index (χ2n) is 9.62. The van der Waals surface area contributed by atoms with Crippen LogP contribution in [-0.2, 0) is 9.53 Å². The molecule has 0 bridgehead atoms. The number of rotatable bonds is 9. The van der Waals surface area contributed by atoms with Crippen LogP contribution in [0.2, 0.25) is 5.02 Å². The van der Waals surface area contributed by atoms with E-state index >= 15 is 0 Å². The topological polar surface area (TPSA) is 121 Å². The fourth-order valence-corrected chi connectivity index (χ4v) is 5.00. The minimum Gasteiger partial charge on any atom is -0.468 e. The third-order valence-corrected chi connectivity index (χ3v) is 7.20. The number of benzene rings is 3. The predicted octanol–water partition coefficient (Wildman–Crippen LogP) is 5.62. The molecule has 1 atom stereocenters. The van der Waals surface area contributed by atoms with Gasteiger partial charge in [-0.05, 0) is 72.0 Å². The maximum atomic E-state index is 12.3. The number of hydrogen-bond acceptors (Lipinski definition) is 6. The van der Waals surface area contributed by atoms with Gasteiger partial charge >= 0.3 is 5.97 Å². The van der Waals surface area contributed by atoms with Crippen molar-refractivity contribution in [1.82, 2.24) is 10.3 Å². The van der Waals surface area contributed by atoms with Crippen molar-refractivity contribution in [3.63, 3.8) is 0 Å². The van der Waals surface area contributed by atoms with Crippen molar-refractivity contribution in [2.75, 3.05) is 13.7 Å². The molecular formula is C32H30ClN3O5. The Bertz CT molecular complexity index is 1640. The number of carbonyl (C=O) groups is 2. The molecule has 1 aromatic heterocycles. The highest BCUT2D eigenvalue weighted by Crippen LogP contribution is 2.34. The third-order valence-electron chi connectivity index (χ3n) is 6.97. The summed E-state index contributed by atoms with van der Waals surface area (Å²) < 4.78 is 4.55. The van der Waals surface area contributed by atoms with Gasteiger partial charge in [0.15, 0.2) is 0 Å². The molecule has 0 fully saturated rings. The van der Waals surface area contributed by atoms with Gasteiger partial charge in [0.1, 0.15) is 6.54 Å². The molecule has 8 nitrogen and oxygen atoms in total. The summed E-state index contributed by atoms with van der Waals surface area (Å²) in [6.07, 6.45) is 0.376. The first-order valence-corrected chi connectivity index (χ1v) is 13.3. The average Bonchev–Trinajstić information content (AvgIpc) is 2.97. The summed E-state index contributed by atoms with van der Waals surface area (Å²) in [5.41, 5.74) is 6.85. The molecule has 1 amide bonds. The van der Waals surface area contributed by atoms with Gasteiger partial charge in [-0.2, -0.15) is 0 Å². The van der Waals surface area contributed by atoms with Crippen molar-refractivity contribution < 1.29 is 19.5 Å². The number of aromatic nitrogens is 1. The quantitative estimate of drug-likeness (QED) is 0.104. The molecular weight excluding hydrogens is 542 g/mol. The summed E-state index contributed by atoms with van der Waals surface area (Å²) in [6, 6.07) is 24.0. The monoisotopic (exact) mass is 571 g/mol. The van der Waals surface area contributed by atoms with E-state index in [9.17, 15) is 19.6 Å². The highest BCUT2D eigenvalue weighted by Gasteiger charge is 2.22. The number of nitrogens with one attached hydrogen (secondary N) is 2. The summed E-state index contributed by atoms with van der Waals surface area (Å²) in [7, 11) is 1.26. The maximum absolute atomic E-state index is 12.3. The first kappa shape index (κ1) is 29.3. The van der Waals surface area contributed by atoms with Gasteiger partial charge in [0, 0.05) is 40.2 Å². The van der Waals surface area contributed by atoms with Crippen LogP contribution >= 0.6 is 11.6 Å². The number of nitrogens with zero attached hydrogens (tertiary/aromatic N) is 1. The van der Waals surface area contributed by atoms with E-state index in [1.165, 1.54) is 13.2 Å². The number of aromatic amines is 1. The molecule has 9 heteroatoms. The Hall–Kier alpha value is -4.69. The van der Waals surface area contributed by atoms with Gasteiger partial charge < -0.3 is 20.2 Å². The van der Waals surface area contributed by atoms with Gasteiger partial charge in [0.2, 0.25) is 5.56 Å². The smallest absolute Gasteiger partial charge is 0.325 e. The summed E-state index contributed by atoms with van der Waals surface area (Å²) in [6.45, 7) is 3.57. The Morgan fingerprint density at radius 1 is 0.976 bits per heavy atom. The number of amides is 1. The normalized spacial score (nSPS) is 12.0. The molecule has 3 N–H and O–H groups in total. The van der Waals surface area contributed by atoms with Gasteiger partial charge in [-0.3, -0.25) is 14.4 Å². The SMILES string of the molecule is COC(=O)CNC(=O)c1ccc(-c2ccc(C(C/C(=N\O)c3ccc(=O)[nH]c3C)c3ccc(Cl)cc3C)cc2)cc1. The predicted molar refractivity (Wildman–Crippen MR) is 159 cm³/mol. The van der Waals surface area contributed by atoms with E-state index in [2.05, 4.69) is 20.2 Å². The minimum absolute atomic E-state index is 0.167. The largest absolute Gasteiger partial charge is 0.468 e. The van der Waals surface area contributed by atoms with Crippen molar-refractivity contribution >= 4 is 29.2 Å². The Morgan fingerprint density at radius 2 is 1.63 bits per heavy atom. The number of oxime groups is 1. The Balaban J connectivity index is 1.62. The van der Waals surface area contributed by atoms with Crippen LogP contribution in [-0.4, -0.2) is 41.4 Å². The van der Waals surface area contributed by atoms with Crippen LogP contribution in [0.15, 0.2) is 88.8 Å². The van der Waals surface area contributed by atoms with Gasteiger partial charge in [-0.1, -0.05) is 59.2 Å². The van der Waals surface area contributed by atoms with E-state index in [0.717, 1.165) is 27.8 Å². The lowest BCUT2D eigenvalue weighted by Gasteiger charge is -2.22. The Labute approximate surface area is 242 Å². The number of ether oxygens (including phenoxy) is 1. The fraction of sp³-hybridized carbons (Fsp3) is 0.188. The molecule has 41 heavy (non-hydrogen) atoms. The lowest BCUT2D eigenvalue weighted by molar-refractivity contribution is -0.139. The van der Waals surface area contributed by atoms with Crippen LogP contribution in [0.1, 0.15) is 50.6 Å². The van der Waals surface area contributed by atoms with Crippen molar-refractivity contribution in [1.29, 1.82) is 0 Å². The molecule has 0 spiro atoms. The van der Waals surface area contributed by atoms with E-state index in [4.69, 9.17) is 11.6 Å². The second kappa shape index (κ2) is 13.1. The van der Waals surface area contributed by atoms with E-state index in [0.29, 0.717) is 34.0 Å². The van der Waals surface area contributed by atoms with E-state index in [1.54, 1.807) is 25.1 Å². The van der Waals surface area contributed by atoms with E-state index < -0.39 is 5.97 Å². The van der Waals surface area contributed by atoms with Crippen LogP contribution in [0.25, 0.3) is 11.1 Å². The van der Waals surface area contributed by atoms with E-state index in [1.807, 2.05) is 61.5 Å². The molecule has 4 rings (SSSR count). The van der Waals surface area contributed by atoms with Gasteiger partial charge in [-0.25, -0.2) is 0 Å². The third kappa shape index (κ3) is 7.10. The zero-order valence-electron chi connectivity index (χ0n) is 22.9. The summed E-state index contributed by atoms with van der Waals surface area (Å²) in [4.78, 5) is 38.1. The molecule has 0 aliphatic rings. The number of pyridine rings is 1. The summed E-state index contributed by atoms with van der Waals surface area (Å²) in [5.74, 6) is -1.05. The number of hydrogen-bond donors (Lipinski definition) is 3. The van der Waals surface area contributed by atoms with Gasteiger partial charge in [0.05, 0.1) is 12.8 Å². The standard InChI is InChI=1S/C32H30ClN3O5/c1-19-16-25(33)12-13-26(19)28(17-29(36-40)27-14-15-30(37)35-20(27)2)23-8-4-21(5-9-23)22-6-10-24(11-7-22)32(39)34-18-31(38)41-3/h4-16,28,40H,17-18H2,1-3H3,(H,34,39)(H,35,37)/b36-29+. The van der Waals surface area contributed by atoms with Gasteiger partial charge in [0.25, 0.3) is 5.91 Å². The average molecular weight is 572 g/mol. The molecule has 1 heterocycles. The van der Waals surface area contributed by atoms with Crippen LogP contribution in [0, 0.1) is 13.8 Å². The number of halogens is 1. The molecule has 210 valence electrons. The number of aryl methyl sites for hydroxylation is 2. The fourth-order valence-electron chi connectivity index (χ4n) is 4.77. The molecule has 0 aliphatic heterocycles. The highest BCUT2D eigenvalue weighted by atomic mass is 35.5. The van der Waals surface area contributed by atoms with Crippen molar-refractivity contribution in [3.8, 4) is 11.1 Å². The summed E-state index contributed by atoms with van der Waals surface area (Å²) >= 11 is 6.25. The van der Waals surface area contributed by atoms with Gasteiger partial charge in [-0.15, -0.1) is 0 Å². The van der Waals surface area contributed by atoms with Crippen molar-refractivity contribution in [3.05, 3.63) is 128 Å². The van der Waals surface area contributed by atoms with Crippen molar-refractivity contribution in [2.24, 2.45) is 5.16 Å². The molecule has 0 aliphatic carbocycles. The Morgan fingerprint density at radius 3 is 2.22 bits per heavy atom. The maximum Gasteiger partial charge on any atom is 0.325 e. The molecule has 0 saturated heterocycles. The number of methoxy groups -OCH3 is 1. The zero-order valence-corrected chi connectivity index (χ0v) is 23.7. The highest BCUT2D eigenvalue weighted by molar-refractivity contribution is 6.30. The van der Waals surface area contributed by atoms with Crippen LogP contribution in [0.3, 0.4) is 0 Å². The number of carbonyl (C=O) groups excluding carboxylic acids is 2. The lowest BCUT2D eigenvalue weighted by atomic mass is 9.83. The van der Waals surface area contributed by atoms with Crippen molar-refractivity contribution in [2.45, 2.75) is 26.2 Å². The second-order valence-corrected chi connectivity index (χ2v) is 10.1. The first-order chi connectivity index (χ1) is 19.7. The van der Waals surface area contributed by atoms with Crippen LogP contribution < -0.4 is 10.9 Å². The Kier molecular flexibility index (Phi) is 9.37.